The SMILES string of the molecule is COCCN(C)CCNCc1c(C)c2ccccc2n1C. The minimum Gasteiger partial charge on any atom is -0.383 e. The van der Waals surface area contributed by atoms with Crippen LogP contribution in [0.3, 0.4) is 0 Å². The van der Waals surface area contributed by atoms with Crippen molar-refractivity contribution >= 4 is 10.9 Å². The first-order valence-corrected chi connectivity index (χ1v) is 7.56. The highest BCUT2D eigenvalue weighted by Crippen LogP contribution is 2.24. The Balaban J connectivity index is 1.89. The minimum atomic E-state index is 0.790. The smallest absolute Gasteiger partial charge is 0.0589 e. The Hall–Kier alpha value is -1.36. The molecular weight excluding hydrogens is 262 g/mol. The molecular formula is C17H27N3O. The average Bonchev–Trinajstić information content (AvgIpc) is 2.74. The van der Waals surface area contributed by atoms with Crippen molar-refractivity contribution in [1.29, 1.82) is 0 Å². The fourth-order valence-electron chi connectivity index (χ4n) is 2.72. The van der Waals surface area contributed by atoms with Gasteiger partial charge in [-0.3, -0.25) is 0 Å². The molecule has 0 aliphatic heterocycles. The van der Waals surface area contributed by atoms with Crippen molar-refractivity contribution in [3.05, 3.63) is 35.5 Å². The van der Waals surface area contributed by atoms with Crippen molar-refractivity contribution in [1.82, 2.24) is 14.8 Å². The van der Waals surface area contributed by atoms with Gasteiger partial charge in [-0.2, -0.15) is 0 Å². The van der Waals surface area contributed by atoms with E-state index in [1.54, 1.807) is 7.11 Å². The topological polar surface area (TPSA) is 29.4 Å². The summed E-state index contributed by atoms with van der Waals surface area (Å²) in [6, 6.07) is 8.60. The summed E-state index contributed by atoms with van der Waals surface area (Å²) < 4.78 is 7.39. The lowest BCUT2D eigenvalue weighted by Gasteiger charge is -2.16. The Bertz CT molecular complexity index is 538. The van der Waals surface area contributed by atoms with E-state index < -0.39 is 0 Å². The number of nitrogens with one attached hydrogen (secondary N) is 1. The van der Waals surface area contributed by atoms with Crippen LogP contribution in [0.5, 0.6) is 0 Å². The van der Waals surface area contributed by atoms with Crippen LogP contribution < -0.4 is 5.32 Å². The fourth-order valence-corrected chi connectivity index (χ4v) is 2.72. The predicted octanol–water partition coefficient (Wildman–Crippen LogP) is 2.15. The second kappa shape index (κ2) is 7.59. The molecule has 0 radical (unpaired) electrons. The van der Waals surface area contributed by atoms with Crippen molar-refractivity contribution in [2.45, 2.75) is 13.5 Å². The standard InChI is InChI=1S/C17H27N3O/c1-14-15-7-5-6-8-16(15)20(3)17(14)13-18-9-10-19(2)11-12-21-4/h5-8,18H,9-13H2,1-4H3. The van der Waals surface area contributed by atoms with Crippen LogP contribution in [-0.4, -0.2) is 49.9 Å². The molecule has 4 nitrogen and oxygen atoms in total. The summed E-state index contributed by atoms with van der Waals surface area (Å²) >= 11 is 0. The predicted molar refractivity (Wildman–Crippen MR) is 88.7 cm³/mol. The zero-order valence-corrected chi connectivity index (χ0v) is 13.6. The van der Waals surface area contributed by atoms with Gasteiger partial charge in [0.05, 0.1) is 6.61 Å². The second-order valence-electron chi connectivity index (χ2n) is 5.62. The number of aromatic nitrogens is 1. The number of likely N-dealkylation sites (N-methyl/N-ethyl adjacent to an activating group) is 1. The number of para-hydroxylation sites is 1. The van der Waals surface area contributed by atoms with Crippen molar-refractivity contribution < 1.29 is 4.74 Å². The molecule has 4 heteroatoms. The van der Waals surface area contributed by atoms with E-state index in [1.165, 1.54) is 22.2 Å². The number of methoxy groups -OCH3 is 1. The molecule has 1 aromatic carbocycles. The maximum absolute atomic E-state index is 5.09. The molecule has 0 atom stereocenters. The van der Waals surface area contributed by atoms with Gasteiger partial charge in [0.15, 0.2) is 0 Å². The van der Waals surface area contributed by atoms with Crippen LogP contribution >= 0.6 is 0 Å². The zero-order chi connectivity index (χ0) is 15.2. The third-order valence-corrected chi connectivity index (χ3v) is 4.15. The van der Waals surface area contributed by atoms with Crippen molar-refractivity contribution in [2.24, 2.45) is 7.05 Å². The van der Waals surface area contributed by atoms with Crippen LogP contribution in [0.1, 0.15) is 11.3 Å². The van der Waals surface area contributed by atoms with E-state index in [0.29, 0.717) is 0 Å². The van der Waals surface area contributed by atoms with Gasteiger partial charge in [-0.1, -0.05) is 18.2 Å². The molecule has 0 bridgehead atoms. The zero-order valence-electron chi connectivity index (χ0n) is 13.6. The first-order chi connectivity index (χ1) is 10.1. The molecule has 1 N–H and O–H groups in total. The molecule has 0 aliphatic carbocycles. The van der Waals surface area contributed by atoms with Crippen LogP contribution in [-0.2, 0) is 18.3 Å². The van der Waals surface area contributed by atoms with E-state index in [0.717, 1.165) is 32.8 Å². The Morgan fingerprint density at radius 3 is 2.71 bits per heavy atom. The van der Waals surface area contributed by atoms with Crippen LogP contribution in [0.4, 0.5) is 0 Å². The lowest BCUT2D eigenvalue weighted by Crippen LogP contribution is -2.31. The van der Waals surface area contributed by atoms with E-state index in [-0.39, 0.29) is 0 Å². The number of rotatable bonds is 8. The van der Waals surface area contributed by atoms with Crippen molar-refractivity contribution in [3.8, 4) is 0 Å². The third-order valence-electron chi connectivity index (χ3n) is 4.15. The highest BCUT2D eigenvalue weighted by molar-refractivity contribution is 5.85. The highest BCUT2D eigenvalue weighted by atomic mass is 16.5. The Kier molecular flexibility index (Phi) is 5.79. The lowest BCUT2D eigenvalue weighted by atomic mass is 10.1. The quantitative estimate of drug-likeness (QED) is 0.755. The Labute approximate surface area is 127 Å². The third kappa shape index (κ3) is 3.84. The summed E-state index contributed by atoms with van der Waals surface area (Å²) in [4.78, 5) is 2.28. The summed E-state index contributed by atoms with van der Waals surface area (Å²) in [6.07, 6.45) is 0. The van der Waals surface area contributed by atoms with E-state index in [1.807, 2.05) is 0 Å². The molecule has 0 spiro atoms. The molecule has 0 unspecified atom stereocenters. The number of hydrogen-bond acceptors (Lipinski definition) is 3. The molecule has 0 fully saturated rings. The number of benzene rings is 1. The minimum absolute atomic E-state index is 0.790. The van der Waals surface area contributed by atoms with Gasteiger partial charge < -0.3 is 19.5 Å². The monoisotopic (exact) mass is 289 g/mol. The fraction of sp³-hybridized carbons (Fsp3) is 0.529. The molecule has 1 aromatic heterocycles. The number of hydrogen-bond donors (Lipinski definition) is 1. The van der Waals surface area contributed by atoms with Gasteiger partial charge in [-0.15, -0.1) is 0 Å². The number of ether oxygens (including phenoxy) is 1. The van der Waals surface area contributed by atoms with Crippen molar-refractivity contribution in [2.75, 3.05) is 40.4 Å². The summed E-state index contributed by atoms with van der Waals surface area (Å²) in [5.74, 6) is 0. The molecule has 2 aromatic rings. The van der Waals surface area contributed by atoms with Crippen LogP contribution in [0.15, 0.2) is 24.3 Å². The van der Waals surface area contributed by atoms with E-state index in [2.05, 4.69) is 60.1 Å². The molecule has 1 heterocycles. The first kappa shape index (κ1) is 16.0. The van der Waals surface area contributed by atoms with E-state index >= 15 is 0 Å². The van der Waals surface area contributed by atoms with E-state index in [9.17, 15) is 0 Å². The van der Waals surface area contributed by atoms with Gasteiger partial charge >= 0.3 is 0 Å². The first-order valence-electron chi connectivity index (χ1n) is 7.56. The Morgan fingerprint density at radius 2 is 2.00 bits per heavy atom. The average molecular weight is 289 g/mol. The van der Waals surface area contributed by atoms with Crippen LogP contribution in [0.2, 0.25) is 0 Å². The molecule has 21 heavy (non-hydrogen) atoms. The maximum atomic E-state index is 5.09. The molecule has 0 aliphatic rings. The van der Waals surface area contributed by atoms with Gasteiger partial charge in [0.2, 0.25) is 0 Å². The van der Waals surface area contributed by atoms with Gasteiger partial charge in [0.25, 0.3) is 0 Å². The lowest BCUT2D eigenvalue weighted by molar-refractivity contribution is 0.161. The number of fused-ring (bicyclic) bond motifs is 1. The number of aryl methyl sites for hydroxylation is 2. The molecule has 0 saturated carbocycles. The largest absolute Gasteiger partial charge is 0.383 e. The van der Waals surface area contributed by atoms with Crippen molar-refractivity contribution in [3.63, 3.8) is 0 Å². The molecule has 2 rings (SSSR count). The van der Waals surface area contributed by atoms with Gasteiger partial charge in [0.1, 0.15) is 0 Å². The summed E-state index contributed by atoms with van der Waals surface area (Å²) in [5.41, 5.74) is 4.06. The summed E-state index contributed by atoms with van der Waals surface area (Å²) in [7, 11) is 6.02. The summed E-state index contributed by atoms with van der Waals surface area (Å²) in [5, 5.41) is 4.90. The molecule has 116 valence electrons. The van der Waals surface area contributed by atoms with Gasteiger partial charge in [0, 0.05) is 56.9 Å². The Morgan fingerprint density at radius 1 is 1.24 bits per heavy atom. The maximum Gasteiger partial charge on any atom is 0.0589 e. The number of nitrogens with zero attached hydrogens (tertiary/aromatic N) is 2. The molecule has 0 amide bonds. The van der Waals surface area contributed by atoms with Crippen LogP contribution in [0, 0.1) is 6.92 Å². The molecule has 0 saturated heterocycles. The summed E-state index contributed by atoms with van der Waals surface area (Å²) in [6.45, 7) is 6.91. The van der Waals surface area contributed by atoms with Crippen LogP contribution in [0.25, 0.3) is 10.9 Å². The van der Waals surface area contributed by atoms with Gasteiger partial charge in [-0.05, 0) is 25.6 Å². The second-order valence-corrected chi connectivity index (χ2v) is 5.62. The van der Waals surface area contributed by atoms with E-state index in [4.69, 9.17) is 4.74 Å². The van der Waals surface area contributed by atoms with Gasteiger partial charge in [-0.25, -0.2) is 0 Å². The normalized spacial score (nSPS) is 11.7. The highest BCUT2D eigenvalue weighted by Gasteiger charge is 2.10.